The molecule has 6 heteroatoms. The van der Waals surface area contributed by atoms with Gasteiger partial charge in [-0.25, -0.2) is 9.59 Å². The minimum absolute atomic E-state index is 0.250. The van der Waals surface area contributed by atoms with E-state index in [9.17, 15) is 14.7 Å². The third-order valence-corrected chi connectivity index (χ3v) is 3.37. The number of hydrogen-bond donors (Lipinski definition) is 2. The number of nitrogens with one attached hydrogen (secondary N) is 1. The highest BCUT2D eigenvalue weighted by molar-refractivity contribution is 5.84. The van der Waals surface area contributed by atoms with Crippen LogP contribution in [0.4, 0.5) is 10.5 Å². The lowest BCUT2D eigenvalue weighted by Crippen LogP contribution is -2.27. The zero-order chi connectivity index (χ0) is 17.0. The molecule has 0 aliphatic carbocycles. The predicted octanol–water partition coefficient (Wildman–Crippen LogP) is 2.64. The molecule has 1 aromatic carbocycles. The Balaban J connectivity index is 1.87. The van der Waals surface area contributed by atoms with Crippen LogP contribution in [0.5, 0.6) is 0 Å². The van der Waals surface area contributed by atoms with Gasteiger partial charge in [-0.2, -0.15) is 0 Å². The summed E-state index contributed by atoms with van der Waals surface area (Å²) in [5.41, 5.74) is 1.12. The fraction of sp³-hybridized carbons (Fsp3) is 0.529. The Kier molecular flexibility index (Phi) is 5.26. The lowest BCUT2D eigenvalue weighted by Gasteiger charge is -2.19. The first-order chi connectivity index (χ1) is 10.7. The van der Waals surface area contributed by atoms with E-state index in [1.54, 1.807) is 26.8 Å². The average molecular weight is 321 g/mol. The van der Waals surface area contributed by atoms with Gasteiger partial charge in [-0.05, 0) is 51.3 Å². The summed E-state index contributed by atoms with van der Waals surface area (Å²) in [6.45, 7) is 5.42. The van der Waals surface area contributed by atoms with Crippen LogP contribution in [0.1, 0.15) is 39.2 Å². The first-order valence-electron chi connectivity index (χ1n) is 7.70. The second kappa shape index (κ2) is 7.00. The number of aryl methyl sites for hydroxylation is 1. The molecule has 1 heterocycles. The zero-order valence-electron chi connectivity index (χ0n) is 13.7. The van der Waals surface area contributed by atoms with Crippen molar-refractivity contribution in [2.45, 2.75) is 57.8 Å². The van der Waals surface area contributed by atoms with Gasteiger partial charge in [0, 0.05) is 12.1 Å². The van der Waals surface area contributed by atoms with E-state index >= 15 is 0 Å². The van der Waals surface area contributed by atoms with Crippen molar-refractivity contribution in [2.75, 3.05) is 5.32 Å². The normalized spacial score (nSPS) is 21.0. The van der Waals surface area contributed by atoms with E-state index in [2.05, 4.69) is 5.32 Å². The maximum Gasteiger partial charge on any atom is 0.412 e. The molecule has 0 radical (unpaired) electrons. The highest BCUT2D eigenvalue weighted by atomic mass is 16.6. The van der Waals surface area contributed by atoms with Crippen molar-refractivity contribution in [1.82, 2.24) is 0 Å². The summed E-state index contributed by atoms with van der Waals surface area (Å²) in [7, 11) is 0. The standard InChI is InChI=1S/C17H23NO5/c1-17(2,3)23-16(21)18-12-6-4-5-11(9-12)7-8-13-10-14(19)15(20)22-13/h4-6,9,13-14,19H,7-8,10H2,1-3H3,(H,18,21)/t13-,14?/m1/s1. The number of amides is 1. The second-order valence-corrected chi connectivity index (χ2v) is 6.68. The minimum atomic E-state index is -1.000. The summed E-state index contributed by atoms with van der Waals surface area (Å²) in [5, 5.41) is 12.1. The molecule has 2 atom stereocenters. The lowest BCUT2D eigenvalue weighted by molar-refractivity contribution is -0.147. The lowest BCUT2D eigenvalue weighted by atomic mass is 10.0. The number of aliphatic hydroxyl groups excluding tert-OH is 1. The van der Waals surface area contributed by atoms with Gasteiger partial charge in [-0.1, -0.05) is 12.1 Å². The number of benzene rings is 1. The molecule has 1 aliphatic heterocycles. The number of ether oxygens (including phenoxy) is 2. The molecular weight excluding hydrogens is 298 g/mol. The molecule has 1 unspecified atom stereocenters. The molecule has 0 spiro atoms. The van der Waals surface area contributed by atoms with Gasteiger partial charge >= 0.3 is 12.1 Å². The molecule has 23 heavy (non-hydrogen) atoms. The van der Waals surface area contributed by atoms with Crippen LogP contribution in [0, 0.1) is 0 Å². The van der Waals surface area contributed by atoms with Crippen molar-refractivity contribution in [3.63, 3.8) is 0 Å². The SMILES string of the molecule is CC(C)(C)OC(=O)Nc1cccc(CC[C@@H]2CC(O)C(=O)O2)c1. The van der Waals surface area contributed by atoms with E-state index < -0.39 is 23.8 Å². The molecule has 2 N–H and O–H groups in total. The maximum atomic E-state index is 11.8. The monoisotopic (exact) mass is 321 g/mol. The molecule has 1 saturated heterocycles. The number of cyclic esters (lactones) is 1. The smallest absolute Gasteiger partial charge is 0.412 e. The number of anilines is 1. The summed E-state index contributed by atoms with van der Waals surface area (Å²) in [5.74, 6) is -0.546. The van der Waals surface area contributed by atoms with Crippen LogP contribution in [0.15, 0.2) is 24.3 Å². The molecular formula is C17H23NO5. The Bertz CT molecular complexity index is 579. The van der Waals surface area contributed by atoms with Crippen LogP contribution < -0.4 is 5.32 Å². The number of hydrogen-bond acceptors (Lipinski definition) is 5. The molecule has 0 saturated carbocycles. The Hall–Kier alpha value is -2.08. The number of aliphatic hydroxyl groups is 1. The molecule has 1 aliphatic rings. The van der Waals surface area contributed by atoms with Gasteiger partial charge in [-0.15, -0.1) is 0 Å². The van der Waals surface area contributed by atoms with Crippen LogP contribution >= 0.6 is 0 Å². The molecule has 1 amide bonds. The van der Waals surface area contributed by atoms with Crippen molar-refractivity contribution < 1.29 is 24.2 Å². The van der Waals surface area contributed by atoms with Crippen molar-refractivity contribution in [1.29, 1.82) is 0 Å². The largest absolute Gasteiger partial charge is 0.460 e. The number of carbonyl (C=O) groups is 2. The van der Waals surface area contributed by atoms with Gasteiger partial charge in [0.25, 0.3) is 0 Å². The quantitative estimate of drug-likeness (QED) is 0.833. The fourth-order valence-electron chi connectivity index (χ4n) is 2.37. The topological polar surface area (TPSA) is 84.9 Å². The summed E-state index contributed by atoms with van der Waals surface area (Å²) in [6, 6.07) is 7.43. The van der Waals surface area contributed by atoms with E-state index in [0.29, 0.717) is 24.9 Å². The number of rotatable bonds is 4. The molecule has 2 rings (SSSR count). The van der Waals surface area contributed by atoms with Crippen LogP contribution in [-0.4, -0.2) is 35.0 Å². The first-order valence-corrected chi connectivity index (χ1v) is 7.70. The molecule has 1 fully saturated rings. The third-order valence-electron chi connectivity index (χ3n) is 3.37. The van der Waals surface area contributed by atoms with Gasteiger partial charge in [0.2, 0.25) is 0 Å². The Morgan fingerprint density at radius 3 is 2.78 bits per heavy atom. The fourth-order valence-corrected chi connectivity index (χ4v) is 2.37. The zero-order valence-corrected chi connectivity index (χ0v) is 13.7. The number of esters is 1. The molecule has 1 aromatic rings. The van der Waals surface area contributed by atoms with Gasteiger partial charge in [0.1, 0.15) is 11.7 Å². The van der Waals surface area contributed by atoms with Crippen LogP contribution in [0.2, 0.25) is 0 Å². The van der Waals surface area contributed by atoms with E-state index in [0.717, 1.165) is 5.56 Å². The van der Waals surface area contributed by atoms with E-state index in [1.165, 1.54) is 0 Å². The Labute approximate surface area is 135 Å². The maximum absolute atomic E-state index is 11.8. The van der Waals surface area contributed by atoms with Crippen molar-refractivity contribution in [3.05, 3.63) is 29.8 Å². The van der Waals surface area contributed by atoms with Gasteiger partial charge in [0.05, 0.1) is 0 Å². The predicted molar refractivity (Wildman–Crippen MR) is 85.1 cm³/mol. The summed E-state index contributed by atoms with van der Waals surface area (Å²) in [4.78, 5) is 22.9. The molecule has 126 valence electrons. The molecule has 0 aromatic heterocycles. The third kappa shape index (κ3) is 5.56. The van der Waals surface area contributed by atoms with Gasteiger partial charge in [0.15, 0.2) is 6.10 Å². The molecule has 0 bridgehead atoms. The Morgan fingerprint density at radius 2 is 2.17 bits per heavy atom. The van der Waals surface area contributed by atoms with E-state index in [1.807, 2.05) is 18.2 Å². The van der Waals surface area contributed by atoms with Crippen molar-refractivity contribution >= 4 is 17.7 Å². The van der Waals surface area contributed by atoms with Crippen molar-refractivity contribution in [2.24, 2.45) is 0 Å². The first kappa shape index (κ1) is 17.3. The van der Waals surface area contributed by atoms with Crippen LogP contribution in [0.25, 0.3) is 0 Å². The average Bonchev–Trinajstić information content (AvgIpc) is 2.74. The van der Waals surface area contributed by atoms with Crippen molar-refractivity contribution in [3.8, 4) is 0 Å². The minimum Gasteiger partial charge on any atom is -0.460 e. The second-order valence-electron chi connectivity index (χ2n) is 6.68. The summed E-state index contributed by atoms with van der Waals surface area (Å²) >= 11 is 0. The van der Waals surface area contributed by atoms with Gasteiger partial charge < -0.3 is 14.6 Å². The van der Waals surface area contributed by atoms with Crippen LogP contribution in [0.3, 0.4) is 0 Å². The Morgan fingerprint density at radius 1 is 1.43 bits per heavy atom. The summed E-state index contributed by atoms with van der Waals surface area (Å²) < 4.78 is 10.3. The van der Waals surface area contributed by atoms with E-state index in [-0.39, 0.29) is 6.10 Å². The van der Waals surface area contributed by atoms with Gasteiger partial charge in [-0.3, -0.25) is 5.32 Å². The number of carbonyl (C=O) groups excluding carboxylic acids is 2. The van der Waals surface area contributed by atoms with Crippen LogP contribution in [-0.2, 0) is 20.7 Å². The highest BCUT2D eigenvalue weighted by Gasteiger charge is 2.32. The molecule has 6 nitrogen and oxygen atoms in total. The summed E-state index contributed by atoms with van der Waals surface area (Å²) in [6.07, 6.45) is -0.0790. The highest BCUT2D eigenvalue weighted by Crippen LogP contribution is 2.21. The van der Waals surface area contributed by atoms with E-state index in [4.69, 9.17) is 9.47 Å².